The molecule has 0 unspecified atom stereocenters. The maximum atomic E-state index is 12.4. The lowest BCUT2D eigenvalue weighted by Gasteiger charge is -2.07. The number of carboxylic acids is 1. The second kappa shape index (κ2) is 4.39. The van der Waals surface area contributed by atoms with Crippen molar-refractivity contribution >= 4 is 11.8 Å². The van der Waals surface area contributed by atoms with Gasteiger partial charge in [-0.05, 0) is 12.5 Å². The smallest absolute Gasteiger partial charge is 0.312 e. The fourth-order valence-corrected chi connectivity index (χ4v) is 2.65. The second-order valence-electron chi connectivity index (χ2n) is 4.68. The number of carboxylic acid groups (broad SMARTS) is 1. The van der Waals surface area contributed by atoms with Gasteiger partial charge in [0.2, 0.25) is 0 Å². The molecule has 0 fully saturated rings. The number of fused-ring (bicyclic) bond motifs is 1. The largest absolute Gasteiger partial charge is 0.481 e. The molecule has 0 bridgehead atoms. The van der Waals surface area contributed by atoms with Crippen molar-refractivity contribution in [3.8, 4) is 0 Å². The number of hydrogen-bond donors (Lipinski definition) is 1. The number of carbonyl (C=O) groups excluding carboxylic acids is 1. The third-order valence-electron chi connectivity index (χ3n) is 3.57. The molecule has 0 aliphatic carbocycles. The van der Waals surface area contributed by atoms with Crippen LogP contribution in [0.25, 0.3) is 0 Å². The van der Waals surface area contributed by atoms with Crippen LogP contribution in [0.3, 0.4) is 0 Å². The van der Waals surface area contributed by atoms with Gasteiger partial charge in [0.25, 0.3) is 0 Å². The molecule has 19 heavy (non-hydrogen) atoms. The summed E-state index contributed by atoms with van der Waals surface area (Å²) in [5.41, 5.74) is 1.74. The Bertz CT molecular complexity index is 643. The Kier molecular flexibility index (Phi) is 2.71. The van der Waals surface area contributed by atoms with Crippen LogP contribution in [0.1, 0.15) is 34.0 Å². The van der Waals surface area contributed by atoms with Crippen LogP contribution in [0.15, 0.2) is 42.6 Å². The Balaban J connectivity index is 2.04. The Morgan fingerprint density at radius 1 is 1.16 bits per heavy atom. The maximum Gasteiger partial charge on any atom is 0.312 e. The molecular formula is C15H13NO3. The van der Waals surface area contributed by atoms with Gasteiger partial charge in [0.05, 0.1) is 5.92 Å². The number of rotatable bonds is 3. The summed E-state index contributed by atoms with van der Waals surface area (Å²) in [6.45, 7) is 0.661. The van der Waals surface area contributed by atoms with E-state index in [-0.39, 0.29) is 5.78 Å². The predicted octanol–water partition coefficient (Wildman–Crippen LogP) is 2.29. The van der Waals surface area contributed by atoms with E-state index in [1.807, 2.05) is 10.6 Å². The minimum atomic E-state index is -0.862. The molecule has 1 aromatic carbocycles. The van der Waals surface area contributed by atoms with Gasteiger partial charge in [0.1, 0.15) is 0 Å². The van der Waals surface area contributed by atoms with Crippen molar-refractivity contribution in [1.82, 2.24) is 4.57 Å². The van der Waals surface area contributed by atoms with E-state index in [1.165, 1.54) is 0 Å². The van der Waals surface area contributed by atoms with Gasteiger partial charge in [0, 0.05) is 29.6 Å². The molecule has 0 radical (unpaired) electrons. The molecule has 2 aromatic rings. The van der Waals surface area contributed by atoms with E-state index in [2.05, 4.69) is 0 Å². The molecule has 1 N–H and O–H groups in total. The Morgan fingerprint density at radius 3 is 2.58 bits per heavy atom. The highest BCUT2D eigenvalue weighted by molar-refractivity contribution is 6.10. The normalized spacial score (nSPS) is 17.2. The average Bonchev–Trinajstić information content (AvgIpc) is 2.99. The molecule has 4 nitrogen and oxygen atoms in total. The van der Waals surface area contributed by atoms with E-state index in [4.69, 9.17) is 0 Å². The third-order valence-corrected chi connectivity index (χ3v) is 3.57. The molecule has 1 aromatic heterocycles. The van der Waals surface area contributed by atoms with Gasteiger partial charge in [-0.2, -0.15) is 0 Å². The first kappa shape index (κ1) is 11.7. The van der Waals surface area contributed by atoms with Gasteiger partial charge in [-0.15, -0.1) is 0 Å². The summed E-state index contributed by atoms with van der Waals surface area (Å²) in [5, 5.41) is 9.23. The first-order chi connectivity index (χ1) is 9.18. The number of aliphatic carboxylic acids is 1. The second-order valence-corrected chi connectivity index (χ2v) is 4.68. The van der Waals surface area contributed by atoms with E-state index in [9.17, 15) is 14.7 Å². The maximum absolute atomic E-state index is 12.4. The highest BCUT2D eigenvalue weighted by atomic mass is 16.4. The Labute approximate surface area is 110 Å². The molecule has 1 aliphatic heterocycles. The molecule has 96 valence electrons. The lowest BCUT2D eigenvalue weighted by atomic mass is 9.96. The highest BCUT2D eigenvalue weighted by Crippen LogP contribution is 2.33. The molecule has 0 amide bonds. The molecular weight excluding hydrogens is 242 g/mol. The van der Waals surface area contributed by atoms with E-state index < -0.39 is 11.9 Å². The quantitative estimate of drug-likeness (QED) is 0.856. The van der Waals surface area contributed by atoms with Gasteiger partial charge in [-0.25, -0.2) is 0 Å². The fourth-order valence-electron chi connectivity index (χ4n) is 2.65. The standard InChI is InChI=1S/C15H13NO3/c17-14(10-4-2-1-3-5-10)11-6-8-16-9-7-12(13(11)16)15(18)19/h1-6,8,12H,7,9H2,(H,18,19)/t12-/m0/s1. The van der Waals surface area contributed by atoms with Crippen LogP contribution in [0.5, 0.6) is 0 Å². The topological polar surface area (TPSA) is 59.3 Å². The number of benzene rings is 1. The van der Waals surface area contributed by atoms with Gasteiger partial charge >= 0.3 is 5.97 Å². The average molecular weight is 255 g/mol. The van der Waals surface area contributed by atoms with Crippen LogP contribution in [0, 0.1) is 0 Å². The zero-order valence-corrected chi connectivity index (χ0v) is 10.2. The summed E-state index contributed by atoms with van der Waals surface area (Å²) in [4.78, 5) is 23.7. The first-order valence-electron chi connectivity index (χ1n) is 6.20. The molecule has 0 saturated heterocycles. The minimum Gasteiger partial charge on any atom is -0.481 e. The van der Waals surface area contributed by atoms with Crippen LogP contribution in [-0.4, -0.2) is 21.4 Å². The van der Waals surface area contributed by atoms with Crippen LogP contribution in [0.2, 0.25) is 0 Å². The van der Waals surface area contributed by atoms with E-state index in [0.29, 0.717) is 29.8 Å². The van der Waals surface area contributed by atoms with Crippen LogP contribution < -0.4 is 0 Å². The van der Waals surface area contributed by atoms with Crippen LogP contribution in [-0.2, 0) is 11.3 Å². The molecule has 4 heteroatoms. The number of aromatic nitrogens is 1. The monoisotopic (exact) mass is 255 g/mol. The fraction of sp³-hybridized carbons (Fsp3) is 0.200. The Morgan fingerprint density at radius 2 is 1.89 bits per heavy atom. The number of aryl methyl sites for hydroxylation is 1. The number of hydrogen-bond acceptors (Lipinski definition) is 2. The molecule has 1 atom stereocenters. The molecule has 2 heterocycles. The summed E-state index contributed by atoms with van der Waals surface area (Å²) in [5.74, 6) is -1.54. The molecule has 0 saturated carbocycles. The zero-order valence-electron chi connectivity index (χ0n) is 10.2. The van der Waals surface area contributed by atoms with Crippen molar-refractivity contribution < 1.29 is 14.7 Å². The lowest BCUT2D eigenvalue weighted by Crippen LogP contribution is -2.12. The van der Waals surface area contributed by atoms with Crippen LogP contribution >= 0.6 is 0 Å². The number of nitrogens with zero attached hydrogens (tertiary/aromatic N) is 1. The highest BCUT2D eigenvalue weighted by Gasteiger charge is 2.33. The van der Waals surface area contributed by atoms with Crippen molar-refractivity contribution in [2.45, 2.75) is 18.9 Å². The van der Waals surface area contributed by atoms with Gasteiger partial charge < -0.3 is 9.67 Å². The molecule has 3 rings (SSSR count). The van der Waals surface area contributed by atoms with E-state index in [0.717, 1.165) is 0 Å². The van der Waals surface area contributed by atoms with Gasteiger partial charge in [-0.1, -0.05) is 30.3 Å². The molecule has 1 aliphatic rings. The Hall–Kier alpha value is -2.36. The summed E-state index contributed by atoms with van der Waals surface area (Å²) < 4.78 is 1.87. The summed E-state index contributed by atoms with van der Waals surface area (Å²) in [7, 11) is 0. The number of ketones is 1. The number of carbonyl (C=O) groups is 2. The zero-order chi connectivity index (χ0) is 13.4. The van der Waals surface area contributed by atoms with Crippen molar-refractivity contribution in [3.63, 3.8) is 0 Å². The van der Waals surface area contributed by atoms with Gasteiger partial charge in [-0.3, -0.25) is 9.59 Å². The lowest BCUT2D eigenvalue weighted by molar-refractivity contribution is -0.138. The van der Waals surface area contributed by atoms with E-state index >= 15 is 0 Å². The van der Waals surface area contributed by atoms with Gasteiger partial charge in [0.15, 0.2) is 5.78 Å². The van der Waals surface area contributed by atoms with Crippen molar-refractivity contribution in [2.75, 3.05) is 0 Å². The SMILES string of the molecule is O=C(c1ccccc1)c1ccn2c1[C@@H](C(=O)O)CC2. The predicted molar refractivity (Wildman–Crippen MR) is 69.3 cm³/mol. The summed E-state index contributed by atoms with van der Waals surface area (Å²) in [6, 6.07) is 10.7. The summed E-state index contributed by atoms with van der Waals surface area (Å²) in [6.07, 6.45) is 2.36. The molecule has 0 spiro atoms. The summed E-state index contributed by atoms with van der Waals surface area (Å²) >= 11 is 0. The van der Waals surface area contributed by atoms with E-state index in [1.54, 1.807) is 36.5 Å². The van der Waals surface area contributed by atoms with Crippen molar-refractivity contribution in [2.24, 2.45) is 0 Å². The third kappa shape index (κ3) is 1.85. The van der Waals surface area contributed by atoms with Crippen molar-refractivity contribution in [1.29, 1.82) is 0 Å². The minimum absolute atomic E-state index is 0.109. The van der Waals surface area contributed by atoms with Crippen molar-refractivity contribution in [3.05, 3.63) is 59.4 Å². The van der Waals surface area contributed by atoms with Crippen LogP contribution in [0.4, 0.5) is 0 Å². The first-order valence-corrected chi connectivity index (χ1v) is 6.20.